The van der Waals surface area contributed by atoms with E-state index in [-0.39, 0.29) is 24.7 Å². The summed E-state index contributed by atoms with van der Waals surface area (Å²) in [6.07, 6.45) is 2.40. The van der Waals surface area contributed by atoms with Crippen LogP contribution >= 0.6 is 0 Å². The van der Waals surface area contributed by atoms with E-state index in [9.17, 15) is 9.59 Å². The second-order valence-electron chi connectivity index (χ2n) is 10.8. The molecule has 5 rings (SSSR count). The summed E-state index contributed by atoms with van der Waals surface area (Å²) < 4.78 is 17.0. The highest BCUT2D eigenvalue weighted by Gasteiger charge is 2.31. The van der Waals surface area contributed by atoms with Crippen LogP contribution in [0, 0.1) is 0 Å². The van der Waals surface area contributed by atoms with E-state index in [1.165, 1.54) is 0 Å². The number of ether oxygens (including phenoxy) is 3. The topological polar surface area (TPSA) is 110 Å². The number of nitrogens with one attached hydrogen (secondary N) is 1. The molecule has 38 heavy (non-hydrogen) atoms. The molecule has 0 saturated carbocycles. The number of morpholine rings is 1. The standard InChI is InChI=1S/C28H35N5O5/c1-28(2,3)38-27(35)32-13-10-20(11-14-32)21-9-12-29-25-23(21)30-24(31-25)22-17-33(15-16-36-22)26(34)37-18-19-7-5-4-6-8-19/h4-9,12,20,22H,10-11,13-18H2,1-3H3,(H,29,30,31). The zero-order valence-corrected chi connectivity index (χ0v) is 22.2. The number of amides is 2. The van der Waals surface area contributed by atoms with E-state index in [1.807, 2.05) is 57.2 Å². The number of aromatic amines is 1. The molecule has 10 nitrogen and oxygen atoms in total. The number of H-pyrrole nitrogens is 1. The third-order valence-corrected chi connectivity index (χ3v) is 6.86. The normalized spacial score (nSPS) is 19.0. The van der Waals surface area contributed by atoms with Gasteiger partial charge in [-0.05, 0) is 56.7 Å². The average molecular weight is 522 g/mol. The van der Waals surface area contributed by atoms with Crippen molar-refractivity contribution in [1.82, 2.24) is 24.8 Å². The van der Waals surface area contributed by atoms with Gasteiger partial charge in [0.05, 0.1) is 18.7 Å². The fourth-order valence-electron chi connectivity index (χ4n) is 4.93. The van der Waals surface area contributed by atoms with Gasteiger partial charge in [-0.25, -0.2) is 19.6 Å². The minimum absolute atomic E-state index is 0.229. The first-order valence-electron chi connectivity index (χ1n) is 13.2. The summed E-state index contributed by atoms with van der Waals surface area (Å²) in [6.45, 7) is 8.34. The molecule has 0 radical (unpaired) electrons. The number of hydrogen-bond acceptors (Lipinski definition) is 7. The Morgan fingerprint density at radius 3 is 2.55 bits per heavy atom. The smallest absolute Gasteiger partial charge is 0.410 e. The maximum Gasteiger partial charge on any atom is 0.410 e. The molecule has 2 aliphatic rings. The molecule has 2 saturated heterocycles. The van der Waals surface area contributed by atoms with Crippen LogP contribution in [0.2, 0.25) is 0 Å². The number of carbonyl (C=O) groups is 2. The molecule has 2 amide bonds. The molecule has 0 bridgehead atoms. The summed E-state index contributed by atoms with van der Waals surface area (Å²) in [7, 11) is 0. The predicted molar refractivity (Wildman–Crippen MR) is 141 cm³/mol. The van der Waals surface area contributed by atoms with E-state index < -0.39 is 11.7 Å². The monoisotopic (exact) mass is 521 g/mol. The third-order valence-electron chi connectivity index (χ3n) is 6.86. The van der Waals surface area contributed by atoms with E-state index in [1.54, 1.807) is 16.0 Å². The van der Waals surface area contributed by atoms with E-state index in [0.717, 1.165) is 29.5 Å². The second kappa shape index (κ2) is 11.0. The van der Waals surface area contributed by atoms with E-state index >= 15 is 0 Å². The van der Waals surface area contributed by atoms with Gasteiger partial charge < -0.3 is 29.0 Å². The zero-order valence-electron chi connectivity index (χ0n) is 22.2. The summed E-state index contributed by atoms with van der Waals surface area (Å²) in [5.41, 5.74) is 3.07. The lowest BCUT2D eigenvalue weighted by Gasteiger charge is -2.33. The summed E-state index contributed by atoms with van der Waals surface area (Å²) >= 11 is 0. The van der Waals surface area contributed by atoms with Crippen molar-refractivity contribution in [2.24, 2.45) is 0 Å². The molecule has 2 aromatic heterocycles. The minimum Gasteiger partial charge on any atom is -0.445 e. The molecule has 2 aliphatic heterocycles. The van der Waals surface area contributed by atoms with E-state index in [2.05, 4.69) is 9.97 Å². The lowest BCUT2D eigenvalue weighted by molar-refractivity contribution is -0.0330. The maximum atomic E-state index is 12.7. The number of rotatable bonds is 4. The highest BCUT2D eigenvalue weighted by molar-refractivity contribution is 5.76. The Kier molecular flexibility index (Phi) is 7.51. The predicted octanol–water partition coefficient (Wildman–Crippen LogP) is 4.78. The third kappa shape index (κ3) is 6.07. The van der Waals surface area contributed by atoms with Crippen molar-refractivity contribution in [3.05, 3.63) is 59.5 Å². The molecule has 1 unspecified atom stereocenters. The maximum absolute atomic E-state index is 12.7. The van der Waals surface area contributed by atoms with Crippen LogP contribution in [0.15, 0.2) is 42.6 Å². The van der Waals surface area contributed by atoms with Gasteiger partial charge in [-0.2, -0.15) is 0 Å². The number of piperidine rings is 1. The van der Waals surface area contributed by atoms with Gasteiger partial charge in [-0.15, -0.1) is 0 Å². The van der Waals surface area contributed by atoms with Gasteiger partial charge in [-0.1, -0.05) is 30.3 Å². The van der Waals surface area contributed by atoms with Crippen molar-refractivity contribution >= 4 is 23.4 Å². The number of nitrogens with zero attached hydrogens (tertiary/aromatic N) is 4. The van der Waals surface area contributed by atoms with E-state index in [4.69, 9.17) is 19.2 Å². The molecular formula is C28H35N5O5. The zero-order chi connectivity index (χ0) is 26.7. The number of benzene rings is 1. The van der Waals surface area contributed by atoms with E-state index in [0.29, 0.717) is 44.3 Å². The molecule has 10 heteroatoms. The van der Waals surface area contributed by atoms with Gasteiger partial charge in [0, 0.05) is 25.8 Å². The molecule has 3 aromatic rings. The fourth-order valence-corrected chi connectivity index (χ4v) is 4.93. The number of imidazole rings is 1. The Balaban J connectivity index is 1.23. The highest BCUT2D eigenvalue weighted by Crippen LogP contribution is 2.33. The number of fused-ring (bicyclic) bond motifs is 1. The molecule has 0 spiro atoms. The molecule has 0 aliphatic carbocycles. The Labute approximate surface area is 222 Å². The van der Waals surface area contributed by atoms with Crippen molar-refractivity contribution in [3.8, 4) is 0 Å². The van der Waals surface area contributed by atoms with Crippen LogP contribution in [0.3, 0.4) is 0 Å². The lowest BCUT2D eigenvalue weighted by Crippen LogP contribution is -2.42. The first kappa shape index (κ1) is 26.0. The SMILES string of the molecule is CC(C)(C)OC(=O)N1CCC(c2ccnc3nc(C4CN(C(=O)OCc5ccccc5)CCO4)[nH]c23)CC1. The highest BCUT2D eigenvalue weighted by atomic mass is 16.6. The van der Waals surface area contributed by atoms with Gasteiger partial charge in [0.2, 0.25) is 0 Å². The number of pyridine rings is 1. The summed E-state index contributed by atoms with van der Waals surface area (Å²) in [5.74, 6) is 0.913. The number of carbonyl (C=O) groups excluding carboxylic acids is 2. The lowest BCUT2D eigenvalue weighted by atomic mass is 9.89. The molecule has 1 atom stereocenters. The molecule has 1 N–H and O–H groups in total. The Bertz CT molecular complexity index is 1260. The van der Waals surface area contributed by atoms with Crippen LogP contribution < -0.4 is 0 Å². The number of hydrogen-bond donors (Lipinski definition) is 1. The summed E-state index contributed by atoms with van der Waals surface area (Å²) in [5, 5.41) is 0. The summed E-state index contributed by atoms with van der Waals surface area (Å²) in [4.78, 5) is 41.2. The minimum atomic E-state index is -0.507. The first-order valence-corrected chi connectivity index (χ1v) is 13.2. The van der Waals surface area contributed by atoms with Gasteiger partial charge in [-0.3, -0.25) is 0 Å². The average Bonchev–Trinajstić information content (AvgIpc) is 3.36. The number of likely N-dealkylation sites (tertiary alicyclic amines) is 1. The molecule has 2 fully saturated rings. The summed E-state index contributed by atoms with van der Waals surface area (Å²) in [6, 6.07) is 11.6. The molecule has 1 aromatic carbocycles. The van der Waals surface area contributed by atoms with Crippen LogP contribution in [0.4, 0.5) is 9.59 Å². The van der Waals surface area contributed by atoms with Crippen molar-refractivity contribution in [1.29, 1.82) is 0 Å². The Morgan fingerprint density at radius 1 is 1.05 bits per heavy atom. The van der Waals surface area contributed by atoms with Gasteiger partial charge in [0.25, 0.3) is 0 Å². The van der Waals surface area contributed by atoms with Crippen LogP contribution in [-0.2, 0) is 20.8 Å². The van der Waals surface area contributed by atoms with Crippen LogP contribution in [0.25, 0.3) is 11.2 Å². The van der Waals surface area contributed by atoms with Crippen molar-refractivity contribution < 1.29 is 23.8 Å². The molecular weight excluding hydrogens is 486 g/mol. The fraction of sp³-hybridized carbons (Fsp3) is 0.500. The van der Waals surface area contributed by atoms with Gasteiger partial charge in [0.15, 0.2) is 5.65 Å². The van der Waals surface area contributed by atoms with Crippen molar-refractivity contribution in [2.45, 2.75) is 57.8 Å². The van der Waals surface area contributed by atoms with Crippen LogP contribution in [0.5, 0.6) is 0 Å². The largest absolute Gasteiger partial charge is 0.445 e. The van der Waals surface area contributed by atoms with Crippen LogP contribution in [-0.4, -0.2) is 75.3 Å². The van der Waals surface area contributed by atoms with Gasteiger partial charge >= 0.3 is 12.2 Å². The van der Waals surface area contributed by atoms with Gasteiger partial charge in [0.1, 0.15) is 24.1 Å². The quantitative estimate of drug-likeness (QED) is 0.526. The molecule has 202 valence electrons. The Morgan fingerprint density at radius 2 is 1.82 bits per heavy atom. The number of aromatic nitrogens is 3. The van der Waals surface area contributed by atoms with Crippen LogP contribution in [0.1, 0.15) is 62.6 Å². The molecule has 4 heterocycles. The van der Waals surface area contributed by atoms with Crippen molar-refractivity contribution in [2.75, 3.05) is 32.8 Å². The van der Waals surface area contributed by atoms with Crippen molar-refractivity contribution in [3.63, 3.8) is 0 Å². The second-order valence-corrected chi connectivity index (χ2v) is 10.8. The first-order chi connectivity index (χ1) is 18.3. The Hall–Kier alpha value is -3.66.